The number of benzene rings is 2. The minimum absolute atomic E-state index is 0.204. The van der Waals surface area contributed by atoms with Crippen LogP contribution in [0.1, 0.15) is 20.7 Å². The number of carbonyl (C=O) groups excluding carboxylic acids is 2. The number of carbonyl (C=O) groups is 2. The van der Waals surface area contributed by atoms with E-state index in [-0.39, 0.29) is 22.9 Å². The van der Waals surface area contributed by atoms with E-state index in [1.807, 2.05) is 0 Å². The molecule has 2 aromatic carbocycles. The maximum absolute atomic E-state index is 12.1. The lowest BCUT2D eigenvalue weighted by Gasteiger charge is -2.09. The molecule has 0 aliphatic heterocycles. The van der Waals surface area contributed by atoms with E-state index in [1.165, 1.54) is 25.3 Å². The second kappa shape index (κ2) is 6.41. The molecule has 5 nitrogen and oxygen atoms in total. The predicted molar refractivity (Wildman–Crippen MR) is 81.5 cm³/mol. The Labute approximate surface area is 129 Å². The number of nitrogens with one attached hydrogen (secondary N) is 1. The molecule has 6 heteroatoms. The molecule has 0 saturated heterocycles. The molecule has 0 unspecified atom stereocenters. The van der Waals surface area contributed by atoms with E-state index in [1.54, 1.807) is 24.3 Å². The first-order valence-corrected chi connectivity index (χ1v) is 6.79. The number of phenolic OH excluding ortho intramolecular Hbond substituents is 1. The Bertz CT molecular complexity index is 700. The van der Waals surface area contributed by atoms with Crippen LogP contribution >= 0.6 is 15.9 Å². The molecule has 0 aliphatic carbocycles. The third kappa shape index (κ3) is 3.61. The number of halogens is 1. The van der Waals surface area contributed by atoms with Crippen molar-refractivity contribution in [1.82, 2.24) is 0 Å². The third-order valence-corrected chi connectivity index (χ3v) is 3.25. The van der Waals surface area contributed by atoms with Gasteiger partial charge in [-0.1, -0.05) is 22.0 Å². The lowest BCUT2D eigenvalue weighted by molar-refractivity contribution is 0.0600. The minimum Gasteiger partial charge on any atom is -0.506 e. The Morgan fingerprint density at radius 2 is 1.90 bits per heavy atom. The number of phenols is 1. The van der Waals surface area contributed by atoms with Gasteiger partial charge in [0.2, 0.25) is 0 Å². The second-order valence-electron chi connectivity index (χ2n) is 4.19. The van der Waals surface area contributed by atoms with Gasteiger partial charge in [-0.3, -0.25) is 4.79 Å². The fraction of sp³-hybridized carbons (Fsp3) is 0.0667. The van der Waals surface area contributed by atoms with Gasteiger partial charge in [-0.25, -0.2) is 4.79 Å². The van der Waals surface area contributed by atoms with Crippen molar-refractivity contribution >= 4 is 33.5 Å². The molecule has 2 N–H and O–H groups in total. The summed E-state index contributed by atoms with van der Waals surface area (Å²) in [7, 11) is 1.25. The largest absolute Gasteiger partial charge is 0.506 e. The van der Waals surface area contributed by atoms with Gasteiger partial charge in [0.05, 0.1) is 18.4 Å². The first kappa shape index (κ1) is 15.1. The van der Waals surface area contributed by atoms with Crippen LogP contribution in [0.4, 0.5) is 5.69 Å². The fourth-order valence-corrected chi connectivity index (χ4v) is 2.11. The van der Waals surface area contributed by atoms with Crippen molar-refractivity contribution in [1.29, 1.82) is 0 Å². The molecule has 0 bridgehead atoms. The molecule has 1 amide bonds. The van der Waals surface area contributed by atoms with Gasteiger partial charge in [0.1, 0.15) is 5.75 Å². The SMILES string of the molecule is COC(=O)c1ccc(NC(=O)c2cccc(Br)c2)c(O)c1. The van der Waals surface area contributed by atoms with Crippen molar-refractivity contribution in [3.63, 3.8) is 0 Å². The summed E-state index contributed by atoms with van der Waals surface area (Å²) in [5.74, 6) is -1.13. The van der Waals surface area contributed by atoms with E-state index in [2.05, 4.69) is 26.0 Å². The third-order valence-electron chi connectivity index (χ3n) is 2.75. The molecular weight excluding hydrogens is 338 g/mol. The topological polar surface area (TPSA) is 75.6 Å². The van der Waals surface area contributed by atoms with Crippen molar-refractivity contribution in [3.8, 4) is 5.75 Å². The number of amides is 1. The molecule has 2 rings (SSSR count). The summed E-state index contributed by atoms with van der Waals surface area (Å²) in [6.07, 6.45) is 0. The molecule has 0 aliphatic rings. The first-order valence-electron chi connectivity index (χ1n) is 5.99. The number of hydrogen-bond donors (Lipinski definition) is 2. The standard InChI is InChI=1S/C15H12BrNO4/c1-21-15(20)10-5-6-12(13(18)8-10)17-14(19)9-3-2-4-11(16)7-9/h2-8,18H,1H3,(H,17,19). The highest BCUT2D eigenvalue weighted by molar-refractivity contribution is 9.10. The van der Waals surface area contributed by atoms with Gasteiger partial charge in [-0.05, 0) is 36.4 Å². The van der Waals surface area contributed by atoms with E-state index < -0.39 is 5.97 Å². The van der Waals surface area contributed by atoms with Crippen LogP contribution in [0, 0.1) is 0 Å². The van der Waals surface area contributed by atoms with E-state index in [9.17, 15) is 14.7 Å². The Hall–Kier alpha value is -2.34. The van der Waals surface area contributed by atoms with Crippen molar-refractivity contribution < 1.29 is 19.4 Å². The molecule has 0 saturated carbocycles. The number of methoxy groups -OCH3 is 1. The van der Waals surface area contributed by atoms with Crippen LogP contribution in [0.15, 0.2) is 46.9 Å². The zero-order valence-electron chi connectivity index (χ0n) is 11.1. The molecule has 0 aromatic heterocycles. The van der Waals surface area contributed by atoms with Crippen molar-refractivity contribution in [2.75, 3.05) is 12.4 Å². The summed E-state index contributed by atoms with van der Waals surface area (Å²) < 4.78 is 5.33. The van der Waals surface area contributed by atoms with Crippen LogP contribution < -0.4 is 5.32 Å². The summed E-state index contributed by atoms with van der Waals surface area (Å²) in [6.45, 7) is 0. The van der Waals surface area contributed by atoms with Gasteiger partial charge in [0.25, 0.3) is 5.91 Å². The number of ether oxygens (including phenoxy) is 1. The summed E-state index contributed by atoms with van der Waals surface area (Å²) in [6, 6.07) is 11.0. The summed E-state index contributed by atoms with van der Waals surface area (Å²) >= 11 is 3.28. The minimum atomic E-state index is -0.560. The molecule has 0 fully saturated rings. The van der Waals surface area contributed by atoms with Gasteiger partial charge < -0.3 is 15.2 Å². The van der Waals surface area contributed by atoms with Crippen LogP contribution in [0.2, 0.25) is 0 Å². The molecular formula is C15H12BrNO4. The molecule has 0 atom stereocenters. The highest BCUT2D eigenvalue weighted by atomic mass is 79.9. The van der Waals surface area contributed by atoms with Crippen molar-refractivity contribution in [3.05, 3.63) is 58.1 Å². The van der Waals surface area contributed by atoms with E-state index in [4.69, 9.17) is 0 Å². The average molecular weight is 350 g/mol. The Morgan fingerprint density at radius 3 is 2.52 bits per heavy atom. The number of anilines is 1. The maximum Gasteiger partial charge on any atom is 0.337 e. The zero-order valence-corrected chi connectivity index (χ0v) is 12.7. The Balaban J connectivity index is 2.20. The molecule has 21 heavy (non-hydrogen) atoms. The van der Waals surface area contributed by atoms with Gasteiger partial charge in [-0.15, -0.1) is 0 Å². The monoisotopic (exact) mass is 349 g/mol. The fourth-order valence-electron chi connectivity index (χ4n) is 1.71. The highest BCUT2D eigenvalue weighted by Crippen LogP contribution is 2.25. The van der Waals surface area contributed by atoms with Crippen LogP contribution in [-0.4, -0.2) is 24.1 Å². The van der Waals surface area contributed by atoms with Gasteiger partial charge in [-0.2, -0.15) is 0 Å². The molecule has 0 heterocycles. The van der Waals surface area contributed by atoms with Gasteiger partial charge in [0, 0.05) is 10.0 Å². The maximum atomic E-state index is 12.1. The van der Waals surface area contributed by atoms with Gasteiger partial charge in [0.15, 0.2) is 0 Å². The number of esters is 1. The van der Waals surface area contributed by atoms with E-state index in [0.29, 0.717) is 5.56 Å². The number of rotatable bonds is 3. The number of hydrogen-bond acceptors (Lipinski definition) is 4. The van der Waals surface area contributed by atoms with Gasteiger partial charge >= 0.3 is 5.97 Å². The molecule has 2 aromatic rings. The van der Waals surface area contributed by atoms with Crippen molar-refractivity contribution in [2.24, 2.45) is 0 Å². The predicted octanol–water partition coefficient (Wildman–Crippen LogP) is 3.19. The normalized spacial score (nSPS) is 10.0. The summed E-state index contributed by atoms with van der Waals surface area (Å²) in [4.78, 5) is 23.4. The molecule has 0 radical (unpaired) electrons. The smallest absolute Gasteiger partial charge is 0.337 e. The average Bonchev–Trinajstić information content (AvgIpc) is 2.48. The summed E-state index contributed by atoms with van der Waals surface area (Å²) in [5.41, 5.74) is 0.865. The first-order chi connectivity index (χ1) is 10.0. The van der Waals surface area contributed by atoms with E-state index >= 15 is 0 Å². The zero-order chi connectivity index (χ0) is 15.4. The van der Waals surface area contributed by atoms with E-state index in [0.717, 1.165) is 4.47 Å². The van der Waals surface area contributed by atoms with Crippen LogP contribution in [0.25, 0.3) is 0 Å². The lowest BCUT2D eigenvalue weighted by atomic mass is 10.1. The number of aromatic hydroxyl groups is 1. The Kier molecular flexibility index (Phi) is 4.59. The highest BCUT2D eigenvalue weighted by Gasteiger charge is 2.12. The van der Waals surface area contributed by atoms with Crippen LogP contribution in [0.5, 0.6) is 5.75 Å². The molecule has 108 valence electrons. The van der Waals surface area contributed by atoms with Crippen LogP contribution in [-0.2, 0) is 4.74 Å². The van der Waals surface area contributed by atoms with Crippen molar-refractivity contribution in [2.45, 2.75) is 0 Å². The Morgan fingerprint density at radius 1 is 1.14 bits per heavy atom. The lowest BCUT2D eigenvalue weighted by Crippen LogP contribution is -2.12. The summed E-state index contributed by atoms with van der Waals surface area (Å²) in [5, 5.41) is 12.4. The molecule has 0 spiro atoms. The quantitative estimate of drug-likeness (QED) is 0.659. The second-order valence-corrected chi connectivity index (χ2v) is 5.10. The van der Waals surface area contributed by atoms with Crippen LogP contribution in [0.3, 0.4) is 0 Å².